The highest BCUT2D eigenvalue weighted by Crippen LogP contribution is 2.24. The lowest BCUT2D eigenvalue weighted by Gasteiger charge is -2.32. The van der Waals surface area contributed by atoms with Crippen molar-refractivity contribution in [1.82, 2.24) is 15.2 Å². The Labute approximate surface area is 179 Å². The first-order chi connectivity index (χ1) is 12.7. The van der Waals surface area contributed by atoms with Crippen molar-refractivity contribution in [3.8, 4) is 16.9 Å². The number of likely N-dealkylation sites (tertiary alicyclic amines) is 1. The Hall–Kier alpha value is -1.82. The van der Waals surface area contributed by atoms with Gasteiger partial charge in [0.1, 0.15) is 5.75 Å². The molecule has 2 heterocycles. The van der Waals surface area contributed by atoms with Gasteiger partial charge in [-0.25, -0.2) is 0 Å². The molecule has 1 aromatic heterocycles. The van der Waals surface area contributed by atoms with Gasteiger partial charge in [-0.2, -0.15) is 0 Å². The first-order valence-corrected chi connectivity index (χ1v) is 9.30. The second-order valence-electron chi connectivity index (χ2n) is 6.73. The molecule has 0 bridgehead atoms. The number of piperidine rings is 1. The minimum absolute atomic E-state index is 0. The van der Waals surface area contributed by atoms with Gasteiger partial charge in [0.25, 0.3) is 5.91 Å². The van der Waals surface area contributed by atoms with Crippen LogP contribution in [0.15, 0.2) is 42.7 Å². The second-order valence-corrected chi connectivity index (χ2v) is 6.73. The molecule has 1 N–H and O–H groups in total. The van der Waals surface area contributed by atoms with Crippen LogP contribution in [-0.4, -0.2) is 49.1 Å². The number of benzene rings is 1. The molecule has 154 valence electrons. The van der Waals surface area contributed by atoms with Crippen LogP contribution in [0.4, 0.5) is 0 Å². The van der Waals surface area contributed by atoms with Crippen molar-refractivity contribution in [3.63, 3.8) is 0 Å². The van der Waals surface area contributed by atoms with Crippen LogP contribution in [0.25, 0.3) is 11.1 Å². The van der Waals surface area contributed by atoms with E-state index in [9.17, 15) is 4.79 Å². The zero-order chi connectivity index (χ0) is 18.4. The van der Waals surface area contributed by atoms with Gasteiger partial charge < -0.3 is 15.0 Å². The molecule has 1 aromatic carbocycles. The second kappa shape index (κ2) is 11.9. The summed E-state index contributed by atoms with van der Waals surface area (Å²) in [5.74, 6) is 1.56. The highest BCUT2D eigenvalue weighted by atomic mass is 35.5. The predicted octanol–water partition coefficient (Wildman–Crippen LogP) is 4.06. The fraction of sp³-hybridized carbons (Fsp3) is 0.429. The number of nitrogens with one attached hydrogen (secondary N) is 1. The molecule has 1 aliphatic rings. The Morgan fingerprint density at radius 1 is 1.14 bits per heavy atom. The monoisotopic (exact) mass is 425 g/mol. The summed E-state index contributed by atoms with van der Waals surface area (Å²) in [6.45, 7) is 5.82. The van der Waals surface area contributed by atoms with Crippen molar-refractivity contribution in [2.75, 3.05) is 33.3 Å². The largest absolute Gasteiger partial charge is 0.497 e. The average molecular weight is 426 g/mol. The number of pyridine rings is 1. The molecule has 1 amide bonds. The van der Waals surface area contributed by atoms with Gasteiger partial charge in [-0.05, 0) is 55.6 Å². The van der Waals surface area contributed by atoms with Crippen molar-refractivity contribution in [2.24, 2.45) is 5.92 Å². The van der Waals surface area contributed by atoms with E-state index >= 15 is 0 Å². The Morgan fingerprint density at radius 2 is 1.82 bits per heavy atom. The van der Waals surface area contributed by atoms with Crippen molar-refractivity contribution < 1.29 is 9.53 Å². The standard InChI is InChI=1S/C21H27N3O2.2ClH/c1-3-22-13-16-8-10-24(11-9-16)21(25)19-12-18(14-23-15-19)17-4-6-20(26-2)7-5-17;;/h4-7,12,14-16,22H,3,8-11,13H2,1-2H3;2*1H. The fourth-order valence-corrected chi connectivity index (χ4v) is 3.37. The third kappa shape index (κ3) is 6.09. The van der Waals surface area contributed by atoms with Crippen LogP contribution in [-0.2, 0) is 0 Å². The number of amides is 1. The predicted molar refractivity (Wildman–Crippen MR) is 118 cm³/mol. The molecule has 0 radical (unpaired) electrons. The van der Waals surface area contributed by atoms with Crippen molar-refractivity contribution in [2.45, 2.75) is 19.8 Å². The normalized spacial score (nSPS) is 14.0. The van der Waals surface area contributed by atoms with Crippen LogP contribution in [0, 0.1) is 5.92 Å². The number of carbonyl (C=O) groups is 1. The summed E-state index contributed by atoms with van der Waals surface area (Å²) in [7, 11) is 1.65. The zero-order valence-corrected chi connectivity index (χ0v) is 18.0. The molecule has 1 saturated heterocycles. The lowest BCUT2D eigenvalue weighted by atomic mass is 9.96. The molecule has 7 heteroatoms. The number of methoxy groups -OCH3 is 1. The summed E-state index contributed by atoms with van der Waals surface area (Å²) in [4.78, 5) is 19.1. The highest BCUT2D eigenvalue weighted by molar-refractivity contribution is 5.95. The number of hydrogen-bond acceptors (Lipinski definition) is 4. The minimum Gasteiger partial charge on any atom is -0.497 e. The number of hydrogen-bond donors (Lipinski definition) is 1. The lowest BCUT2D eigenvalue weighted by Crippen LogP contribution is -2.40. The summed E-state index contributed by atoms with van der Waals surface area (Å²) in [5, 5.41) is 3.41. The van der Waals surface area contributed by atoms with Gasteiger partial charge in [0.05, 0.1) is 12.7 Å². The van der Waals surface area contributed by atoms with E-state index in [4.69, 9.17) is 4.74 Å². The summed E-state index contributed by atoms with van der Waals surface area (Å²) < 4.78 is 5.20. The molecule has 0 unspecified atom stereocenters. The third-order valence-electron chi connectivity index (χ3n) is 4.99. The number of carbonyl (C=O) groups excluding carboxylic acids is 1. The van der Waals surface area contributed by atoms with Crippen molar-refractivity contribution in [1.29, 1.82) is 0 Å². The van der Waals surface area contributed by atoms with Gasteiger partial charge in [-0.3, -0.25) is 9.78 Å². The van der Waals surface area contributed by atoms with Gasteiger partial charge in [0.2, 0.25) is 0 Å². The number of rotatable bonds is 6. The molecule has 0 spiro atoms. The van der Waals surface area contributed by atoms with E-state index in [2.05, 4.69) is 17.2 Å². The topological polar surface area (TPSA) is 54.5 Å². The van der Waals surface area contributed by atoms with Crippen LogP contribution in [0.5, 0.6) is 5.75 Å². The van der Waals surface area contributed by atoms with Gasteiger partial charge in [0, 0.05) is 31.0 Å². The van der Waals surface area contributed by atoms with Gasteiger partial charge >= 0.3 is 0 Å². The average Bonchev–Trinajstić information content (AvgIpc) is 2.72. The van der Waals surface area contributed by atoms with E-state index < -0.39 is 0 Å². The SMILES string of the molecule is CCNCC1CCN(C(=O)c2cncc(-c3ccc(OC)cc3)c2)CC1.Cl.Cl. The lowest BCUT2D eigenvalue weighted by molar-refractivity contribution is 0.0690. The zero-order valence-electron chi connectivity index (χ0n) is 16.4. The van der Waals surface area contributed by atoms with Crippen LogP contribution in [0.2, 0.25) is 0 Å². The molecule has 28 heavy (non-hydrogen) atoms. The molecule has 0 saturated carbocycles. The van der Waals surface area contributed by atoms with E-state index in [0.29, 0.717) is 11.5 Å². The Balaban J connectivity index is 0.00000196. The molecule has 0 atom stereocenters. The quantitative estimate of drug-likeness (QED) is 0.757. The van der Waals surface area contributed by atoms with Gasteiger partial charge in [-0.1, -0.05) is 19.1 Å². The molecular formula is C21H29Cl2N3O2. The van der Waals surface area contributed by atoms with Crippen molar-refractivity contribution in [3.05, 3.63) is 48.3 Å². The summed E-state index contributed by atoms with van der Waals surface area (Å²) in [5.41, 5.74) is 2.63. The minimum atomic E-state index is 0. The third-order valence-corrected chi connectivity index (χ3v) is 4.99. The Bertz CT molecular complexity index is 733. The van der Waals surface area contributed by atoms with E-state index in [1.54, 1.807) is 19.5 Å². The number of aromatic nitrogens is 1. The summed E-state index contributed by atoms with van der Waals surface area (Å²) >= 11 is 0. The maximum Gasteiger partial charge on any atom is 0.255 e. The van der Waals surface area contributed by atoms with Gasteiger partial charge in [-0.15, -0.1) is 24.8 Å². The number of halogens is 2. The molecule has 0 aliphatic carbocycles. The number of ether oxygens (including phenoxy) is 1. The molecule has 5 nitrogen and oxygen atoms in total. The first-order valence-electron chi connectivity index (χ1n) is 9.30. The van der Waals surface area contributed by atoms with Crippen LogP contribution >= 0.6 is 24.8 Å². The molecular weight excluding hydrogens is 397 g/mol. The Morgan fingerprint density at radius 3 is 2.43 bits per heavy atom. The molecule has 3 rings (SSSR count). The van der Waals surface area contributed by atoms with E-state index in [1.807, 2.05) is 35.2 Å². The number of nitrogens with zero attached hydrogens (tertiary/aromatic N) is 2. The summed E-state index contributed by atoms with van der Waals surface area (Å²) in [6.07, 6.45) is 5.58. The van der Waals surface area contributed by atoms with Crippen LogP contribution < -0.4 is 10.1 Å². The summed E-state index contributed by atoms with van der Waals surface area (Å²) in [6, 6.07) is 9.73. The smallest absolute Gasteiger partial charge is 0.255 e. The van der Waals surface area contributed by atoms with Crippen molar-refractivity contribution >= 4 is 30.7 Å². The van der Waals surface area contributed by atoms with Crippen LogP contribution in [0.1, 0.15) is 30.1 Å². The van der Waals surface area contributed by atoms with Crippen LogP contribution in [0.3, 0.4) is 0 Å². The fourth-order valence-electron chi connectivity index (χ4n) is 3.37. The maximum atomic E-state index is 12.9. The van der Waals surface area contributed by atoms with E-state index in [-0.39, 0.29) is 30.7 Å². The van der Waals surface area contributed by atoms with Gasteiger partial charge in [0.15, 0.2) is 0 Å². The highest BCUT2D eigenvalue weighted by Gasteiger charge is 2.23. The molecule has 1 fully saturated rings. The first kappa shape index (κ1) is 24.2. The molecule has 2 aromatic rings. The molecule has 1 aliphatic heterocycles. The Kier molecular flexibility index (Phi) is 10.3. The maximum absolute atomic E-state index is 12.9. The van der Waals surface area contributed by atoms with E-state index in [1.165, 1.54) is 0 Å². The van der Waals surface area contributed by atoms with E-state index in [0.717, 1.165) is 55.9 Å².